The van der Waals surface area contributed by atoms with E-state index in [2.05, 4.69) is 26.1 Å². The number of nitrogens with one attached hydrogen (secondary N) is 1. The molecule has 0 bridgehead atoms. The normalized spacial score (nSPS) is 11.2. The van der Waals surface area contributed by atoms with Crippen LogP contribution in [0.25, 0.3) is 0 Å². The van der Waals surface area contributed by atoms with Crippen molar-refractivity contribution in [3.05, 3.63) is 48.0 Å². The molecule has 0 amide bonds. The predicted octanol–water partition coefficient (Wildman–Crippen LogP) is 2.93. The third kappa shape index (κ3) is 4.38. The molecule has 20 heavy (non-hydrogen) atoms. The highest BCUT2D eigenvalue weighted by atomic mass is 19.4. The number of hydrogen-bond acceptors (Lipinski definition) is 4. The maximum Gasteiger partial charge on any atom is 0.573 e. The number of ether oxygens (including phenoxy) is 1. The zero-order chi connectivity index (χ0) is 14.6. The molecule has 0 fully saturated rings. The van der Waals surface area contributed by atoms with Crippen LogP contribution in [0.4, 0.5) is 23.5 Å². The van der Waals surface area contributed by atoms with Crippen molar-refractivity contribution >= 4 is 5.95 Å². The Morgan fingerprint density at radius 1 is 1.15 bits per heavy atom. The molecule has 105 valence electrons. The van der Waals surface area contributed by atoms with Gasteiger partial charge >= 0.3 is 6.36 Å². The number of nitrogens with zero attached hydrogens (tertiary/aromatic N) is 2. The molecule has 1 heterocycles. The average molecular weight is 286 g/mol. The van der Waals surface area contributed by atoms with Crippen molar-refractivity contribution in [3.63, 3.8) is 0 Å². The minimum Gasteiger partial charge on any atom is -0.406 e. The molecule has 0 spiro atoms. The van der Waals surface area contributed by atoms with Crippen molar-refractivity contribution < 1.29 is 22.3 Å². The Kier molecular flexibility index (Phi) is 4.02. The van der Waals surface area contributed by atoms with Crippen molar-refractivity contribution in [2.24, 2.45) is 0 Å². The number of benzene rings is 1. The van der Waals surface area contributed by atoms with E-state index in [4.69, 9.17) is 0 Å². The van der Waals surface area contributed by atoms with Gasteiger partial charge < -0.3 is 10.1 Å². The van der Waals surface area contributed by atoms with Crippen LogP contribution in [0.15, 0.2) is 30.6 Å². The second-order valence-electron chi connectivity index (χ2n) is 3.70. The van der Waals surface area contributed by atoms with E-state index in [9.17, 15) is 17.6 Å². The fraction of sp³-hybridized carbons (Fsp3) is 0.167. The number of hydrogen-bond donors (Lipinski definition) is 1. The number of halogens is 4. The van der Waals surface area contributed by atoms with Gasteiger partial charge in [-0.1, -0.05) is 0 Å². The average Bonchev–Trinajstić information content (AvgIpc) is 2.35. The smallest absolute Gasteiger partial charge is 0.406 e. The van der Waals surface area contributed by atoms with Crippen molar-refractivity contribution in [1.82, 2.24) is 9.97 Å². The topological polar surface area (TPSA) is 47.0 Å². The highest BCUT2D eigenvalue weighted by Gasteiger charge is 2.31. The van der Waals surface area contributed by atoms with E-state index in [1.807, 2.05) is 0 Å². The van der Waals surface area contributed by atoms with E-state index in [-0.39, 0.29) is 18.1 Å². The molecular formula is C12H8F4N3O. The first kappa shape index (κ1) is 14.0. The molecule has 0 aliphatic carbocycles. The molecule has 2 aromatic rings. The third-order valence-corrected chi connectivity index (χ3v) is 2.14. The minimum absolute atomic E-state index is 0.0516. The van der Waals surface area contributed by atoms with E-state index in [0.717, 1.165) is 12.1 Å². The van der Waals surface area contributed by atoms with Crippen LogP contribution in [-0.4, -0.2) is 16.3 Å². The van der Waals surface area contributed by atoms with Gasteiger partial charge in [0.1, 0.15) is 11.6 Å². The molecule has 4 nitrogen and oxygen atoms in total. The summed E-state index contributed by atoms with van der Waals surface area (Å²) in [7, 11) is 0. The van der Waals surface area contributed by atoms with Crippen LogP contribution in [0.1, 0.15) is 5.56 Å². The summed E-state index contributed by atoms with van der Waals surface area (Å²) in [5.74, 6) is -1.19. The lowest BCUT2D eigenvalue weighted by Gasteiger charge is -2.11. The molecule has 1 radical (unpaired) electrons. The molecule has 0 aliphatic rings. The SMILES string of the molecule is Fc1cc(CNc2nc[c]cn2)cc(OC(F)(F)F)c1. The maximum absolute atomic E-state index is 13.2. The Bertz CT molecular complexity index is 575. The molecule has 8 heteroatoms. The van der Waals surface area contributed by atoms with Crippen LogP contribution in [0.3, 0.4) is 0 Å². The number of alkyl halides is 3. The Labute approximate surface area is 111 Å². The zero-order valence-corrected chi connectivity index (χ0v) is 9.91. The van der Waals surface area contributed by atoms with Gasteiger partial charge in [0, 0.05) is 31.1 Å². The monoisotopic (exact) mass is 286 g/mol. The lowest BCUT2D eigenvalue weighted by Crippen LogP contribution is -2.17. The van der Waals surface area contributed by atoms with Gasteiger partial charge in [-0.2, -0.15) is 0 Å². The van der Waals surface area contributed by atoms with E-state index < -0.39 is 17.9 Å². The molecule has 1 N–H and O–H groups in total. The first-order chi connectivity index (χ1) is 9.42. The summed E-state index contributed by atoms with van der Waals surface area (Å²) in [6, 6.07) is 5.44. The predicted molar refractivity (Wildman–Crippen MR) is 61.3 cm³/mol. The van der Waals surface area contributed by atoms with Gasteiger partial charge in [0.15, 0.2) is 0 Å². The molecule has 1 aromatic heterocycles. The molecule has 0 atom stereocenters. The summed E-state index contributed by atoms with van der Waals surface area (Å²) in [6.45, 7) is 0.0516. The lowest BCUT2D eigenvalue weighted by molar-refractivity contribution is -0.274. The van der Waals surface area contributed by atoms with Crippen molar-refractivity contribution in [2.75, 3.05) is 5.32 Å². The second kappa shape index (κ2) is 5.72. The zero-order valence-electron chi connectivity index (χ0n) is 9.91. The van der Waals surface area contributed by atoms with E-state index in [0.29, 0.717) is 6.07 Å². The lowest BCUT2D eigenvalue weighted by atomic mass is 10.2. The first-order valence-corrected chi connectivity index (χ1v) is 5.39. The Morgan fingerprint density at radius 2 is 1.85 bits per heavy atom. The second-order valence-corrected chi connectivity index (χ2v) is 3.70. The molecule has 0 saturated carbocycles. The fourth-order valence-electron chi connectivity index (χ4n) is 1.45. The molecule has 0 saturated heterocycles. The van der Waals surface area contributed by atoms with E-state index >= 15 is 0 Å². The van der Waals surface area contributed by atoms with Crippen molar-refractivity contribution in [2.45, 2.75) is 12.9 Å². The summed E-state index contributed by atoms with van der Waals surface area (Å²) < 4.78 is 53.1. The Hall–Kier alpha value is -2.38. The van der Waals surface area contributed by atoms with Gasteiger partial charge in [0.2, 0.25) is 5.95 Å². The van der Waals surface area contributed by atoms with E-state index in [1.165, 1.54) is 12.4 Å². The maximum atomic E-state index is 13.2. The highest BCUT2D eigenvalue weighted by Crippen LogP contribution is 2.24. The Morgan fingerprint density at radius 3 is 2.50 bits per heavy atom. The molecule has 1 aromatic carbocycles. The summed E-state index contributed by atoms with van der Waals surface area (Å²) in [5, 5.41) is 2.73. The minimum atomic E-state index is -4.86. The van der Waals surface area contributed by atoms with Gasteiger partial charge in [-0.15, -0.1) is 13.2 Å². The molecule has 0 aliphatic heterocycles. The summed E-state index contributed by atoms with van der Waals surface area (Å²) in [4.78, 5) is 7.63. The number of rotatable bonds is 4. The first-order valence-electron chi connectivity index (χ1n) is 5.39. The van der Waals surface area contributed by atoms with Gasteiger partial charge in [-0.05, 0) is 17.7 Å². The van der Waals surface area contributed by atoms with Crippen LogP contribution in [-0.2, 0) is 6.54 Å². The molecule has 0 unspecified atom stereocenters. The van der Waals surface area contributed by atoms with Crippen molar-refractivity contribution in [1.29, 1.82) is 0 Å². The fourth-order valence-corrected chi connectivity index (χ4v) is 1.45. The van der Waals surface area contributed by atoms with Gasteiger partial charge in [-0.25, -0.2) is 14.4 Å². The summed E-state index contributed by atoms with van der Waals surface area (Å²) >= 11 is 0. The van der Waals surface area contributed by atoms with Crippen LogP contribution in [0, 0.1) is 11.9 Å². The molecule has 2 rings (SSSR count). The van der Waals surface area contributed by atoms with Gasteiger partial charge in [0.05, 0.1) is 0 Å². The van der Waals surface area contributed by atoms with Gasteiger partial charge in [-0.3, -0.25) is 0 Å². The Balaban J connectivity index is 2.08. The van der Waals surface area contributed by atoms with Crippen LogP contribution in [0.5, 0.6) is 5.75 Å². The highest BCUT2D eigenvalue weighted by molar-refractivity contribution is 5.33. The number of aromatic nitrogens is 2. The standard InChI is InChI=1S/C12H8F4N3O/c13-9-4-8(5-10(6-9)20-12(14,15)16)7-19-11-17-2-1-3-18-11/h2-6H,7H2,(H,17,18,19). The largest absolute Gasteiger partial charge is 0.573 e. The summed E-state index contributed by atoms with van der Waals surface area (Å²) in [5.41, 5.74) is 0.265. The van der Waals surface area contributed by atoms with Crippen LogP contribution >= 0.6 is 0 Å². The van der Waals surface area contributed by atoms with Crippen molar-refractivity contribution in [3.8, 4) is 5.75 Å². The quantitative estimate of drug-likeness (QED) is 0.878. The third-order valence-electron chi connectivity index (χ3n) is 2.14. The van der Waals surface area contributed by atoms with E-state index in [1.54, 1.807) is 0 Å². The van der Waals surface area contributed by atoms with Crippen LogP contribution in [0.2, 0.25) is 0 Å². The van der Waals surface area contributed by atoms with Gasteiger partial charge in [0.25, 0.3) is 0 Å². The molecular weight excluding hydrogens is 278 g/mol. The van der Waals surface area contributed by atoms with Crippen LogP contribution < -0.4 is 10.1 Å². The number of anilines is 1. The summed E-state index contributed by atoms with van der Waals surface area (Å²) in [6.07, 6.45) is -2.12.